The number of ether oxygens (including phenoxy) is 1. The van der Waals surface area contributed by atoms with Gasteiger partial charge in [0.15, 0.2) is 11.6 Å². The molecule has 4 atom stereocenters. The van der Waals surface area contributed by atoms with Crippen molar-refractivity contribution in [1.29, 1.82) is 0 Å². The van der Waals surface area contributed by atoms with Gasteiger partial charge in [-0.3, -0.25) is 24.0 Å². The van der Waals surface area contributed by atoms with Crippen LogP contribution in [0.4, 0.5) is 10.5 Å². The van der Waals surface area contributed by atoms with Gasteiger partial charge in [-0.05, 0) is 74.3 Å². The van der Waals surface area contributed by atoms with Crippen molar-refractivity contribution in [1.82, 2.24) is 20.9 Å². The summed E-state index contributed by atoms with van der Waals surface area (Å²) in [7, 11) is 0. The lowest BCUT2D eigenvalue weighted by Crippen LogP contribution is -2.58. The molecule has 2 fully saturated rings. The standard InChI is InChI=1S/C44H55N5O7/c1-28(2)24-35(39(51)44(5)27-56-44)46-42(54)37(26-30-12-8-6-9-13-30)47-41(53)36(25-29(3)4)48-43(55)49-22-20-33(21-23-49)40(52)45-34-18-16-32(17-19-34)38(50)31-14-10-7-11-15-31/h6-19,28-29,33,35-37H,20-27H2,1-5H3,(H,45,52)(H,46,54)(H,47,53)(H,48,55)/t35-,36-,37-,44+/m0/s1. The predicted octanol–water partition coefficient (Wildman–Crippen LogP) is 5.31. The van der Waals surface area contributed by atoms with Crippen molar-refractivity contribution in [3.05, 3.63) is 102 Å². The molecule has 3 aromatic rings. The van der Waals surface area contributed by atoms with E-state index in [-0.39, 0.29) is 41.6 Å². The van der Waals surface area contributed by atoms with Gasteiger partial charge >= 0.3 is 6.03 Å². The number of Topliss-reactive ketones (excluding diaryl/α,β-unsaturated/α-hetero) is 1. The maximum absolute atomic E-state index is 13.9. The molecule has 12 nitrogen and oxygen atoms in total. The van der Waals surface area contributed by atoms with Gasteiger partial charge < -0.3 is 30.9 Å². The van der Waals surface area contributed by atoms with E-state index in [1.54, 1.807) is 48.2 Å². The molecule has 2 heterocycles. The van der Waals surface area contributed by atoms with Crippen LogP contribution in [-0.4, -0.2) is 83.6 Å². The molecule has 4 N–H and O–H groups in total. The average molecular weight is 766 g/mol. The van der Waals surface area contributed by atoms with Crippen LogP contribution in [-0.2, 0) is 30.3 Å². The summed E-state index contributed by atoms with van der Waals surface area (Å²) < 4.78 is 5.40. The Morgan fingerprint density at radius 2 is 1.21 bits per heavy atom. The summed E-state index contributed by atoms with van der Waals surface area (Å²) in [6, 6.07) is 21.9. The SMILES string of the molecule is CC(C)C[C@H](NC(=O)N1CCC(C(=O)Nc2ccc(C(=O)c3ccccc3)cc2)CC1)C(=O)N[C@@H](Cc1ccccc1)C(=O)N[C@@H](CC(C)C)C(=O)[C@@]1(C)CO1. The topological polar surface area (TPSA) is 166 Å². The third kappa shape index (κ3) is 11.6. The van der Waals surface area contributed by atoms with Crippen molar-refractivity contribution in [3.63, 3.8) is 0 Å². The summed E-state index contributed by atoms with van der Waals surface area (Å²) in [5.41, 5.74) is 1.59. The molecule has 0 aliphatic carbocycles. The Balaban J connectivity index is 1.18. The number of nitrogens with zero attached hydrogens (tertiary/aromatic N) is 1. The minimum atomic E-state index is -1.01. The largest absolute Gasteiger partial charge is 0.361 e. The zero-order valence-corrected chi connectivity index (χ0v) is 33.0. The van der Waals surface area contributed by atoms with Crippen LogP contribution < -0.4 is 21.3 Å². The number of hydrogen-bond donors (Lipinski definition) is 4. The number of ketones is 2. The van der Waals surface area contributed by atoms with Gasteiger partial charge in [0.25, 0.3) is 0 Å². The molecule has 0 aromatic heterocycles. The van der Waals surface area contributed by atoms with Crippen LogP contribution in [0, 0.1) is 17.8 Å². The Bertz CT molecular complexity index is 1840. The van der Waals surface area contributed by atoms with Crippen molar-refractivity contribution in [2.24, 2.45) is 17.8 Å². The maximum Gasteiger partial charge on any atom is 0.318 e. The molecule has 5 rings (SSSR count). The fourth-order valence-corrected chi connectivity index (χ4v) is 6.92. The number of anilines is 1. The Morgan fingerprint density at radius 1 is 0.696 bits per heavy atom. The minimum absolute atomic E-state index is 0.0414. The number of piperidine rings is 1. The van der Waals surface area contributed by atoms with Crippen LogP contribution in [0.1, 0.15) is 81.8 Å². The summed E-state index contributed by atoms with van der Waals surface area (Å²) in [6.45, 7) is 10.5. The highest BCUT2D eigenvalue weighted by molar-refractivity contribution is 6.09. The van der Waals surface area contributed by atoms with Crippen LogP contribution in [0.15, 0.2) is 84.9 Å². The first-order valence-corrected chi connectivity index (χ1v) is 19.6. The first kappa shape index (κ1) is 41.8. The third-order valence-electron chi connectivity index (χ3n) is 10.3. The minimum Gasteiger partial charge on any atom is -0.361 e. The summed E-state index contributed by atoms with van der Waals surface area (Å²) >= 11 is 0. The number of carbonyl (C=O) groups is 6. The molecule has 56 heavy (non-hydrogen) atoms. The monoisotopic (exact) mass is 765 g/mol. The summed E-state index contributed by atoms with van der Waals surface area (Å²) in [5, 5.41) is 11.6. The molecule has 0 unspecified atom stereocenters. The van der Waals surface area contributed by atoms with Gasteiger partial charge in [-0.15, -0.1) is 0 Å². The predicted molar refractivity (Wildman–Crippen MR) is 214 cm³/mol. The number of urea groups is 1. The van der Waals surface area contributed by atoms with Crippen LogP contribution in [0.2, 0.25) is 0 Å². The Hall–Kier alpha value is -5.36. The van der Waals surface area contributed by atoms with Gasteiger partial charge in [-0.2, -0.15) is 0 Å². The van der Waals surface area contributed by atoms with Crippen molar-refractivity contribution >= 4 is 41.0 Å². The van der Waals surface area contributed by atoms with Crippen molar-refractivity contribution in [3.8, 4) is 0 Å². The smallest absolute Gasteiger partial charge is 0.318 e. The molecular formula is C44H55N5O7. The fraction of sp³-hybridized carbons (Fsp3) is 0.455. The third-order valence-corrected chi connectivity index (χ3v) is 10.3. The molecular weight excluding hydrogens is 711 g/mol. The molecule has 3 aromatic carbocycles. The van der Waals surface area contributed by atoms with E-state index in [2.05, 4.69) is 21.3 Å². The lowest BCUT2D eigenvalue weighted by Gasteiger charge is -2.33. The number of likely N-dealkylation sites (tertiary alicyclic amines) is 1. The van der Waals surface area contributed by atoms with E-state index < -0.39 is 41.6 Å². The number of epoxide rings is 1. The van der Waals surface area contributed by atoms with E-state index in [0.717, 1.165) is 5.56 Å². The molecule has 2 aliphatic rings. The second-order valence-electron chi connectivity index (χ2n) is 16.0. The highest BCUT2D eigenvalue weighted by Crippen LogP contribution is 2.30. The molecule has 2 aliphatic heterocycles. The van der Waals surface area contributed by atoms with E-state index in [1.165, 1.54) is 0 Å². The number of amides is 5. The molecule has 0 spiro atoms. The van der Waals surface area contributed by atoms with Gasteiger partial charge in [-0.25, -0.2) is 4.79 Å². The number of hydrogen-bond acceptors (Lipinski definition) is 7. The summed E-state index contributed by atoms with van der Waals surface area (Å²) in [4.78, 5) is 82.2. The second-order valence-corrected chi connectivity index (χ2v) is 16.0. The lowest BCUT2D eigenvalue weighted by atomic mass is 9.93. The highest BCUT2D eigenvalue weighted by atomic mass is 16.6. The van der Waals surface area contributed by atoms with E-state index in [9.17, 15) is 28.8 Å². The van der Waals surface area contributed by atoms with Crippen molar-refractivity contribution in [2.45, 2.75) is 90.4 Å². The average Bonchev–Trinajstić information content (AvgIpc) is 3.95. The molecule has 0 saturated carbocycles. The summed E-state index contributed by atoms with van der Waals surface area (Å²) in [6.07, 6.45) is 1.80. The summed E-state index contributed by atoms with van der Waals surface area (Å²) in [5.74, 6) is -1.61. The number of rotatable bonds is 17. The van der Waals surface area contributed by atoms with Crippen molar-refractivity contribution < 1.29 is 33.5 Å². The lowest BCUT2D eigenvalue weighted by molar-refractivity contribution is -0.133. The molecule has 2 saturated heterocycles. The highest BCUT2D eigenvalue weighted by Gasteiger charge is 2.50. The Labute approximate surface area is 329 Å². The molecule has 0 bridgehead atoms. The number of benzene rings is 3. The van der Waals surface area contributed by atoms with E-state index in [0.29, 0.717) is 62.2 Å². The van der Waals surface area contributed by atoms with E-state index in [1.807, 2.05) is 76.2 Å². The van der Waals surface area contributed by atoms with Crippen LogP contribution in [0.25, 0.3) is 0 Å². The van der Waals surface area contributed by atoms with Gasteiger partial charge in [0.05, 0.1) is 12.6 Å². The van der Waals surface area contributed by atoms with Crippen LogP contribution in [0.5, 0.6) is 0 Å². The van der Waals surface area contributed by atoms with Gasteiger partial charge in [-0.1, -0.05) is 88.4 Å². The number of carbonyl (C=O) groups excluding carboxylic acids is 6. The molecule has 12 heteroatoms. The molecule has 298 valence electrons. The molecule has 5 amide bonds. The molecule has 0 radical (unpaired) electrons. The van der Waals surface area contributed by atoms with Crippen LogP contribution >= 0.6 is 0 Å². The van der Waals surface area contributed by atoms with Gasteiger partial charge in [0.1, 0.15) is 17.7 Å². The van der Waals surface area contributed by atoms with E-state index in [4.69, 9.17) is 4.74 Å². The normalized spacial score (nSPS) is 18.4. The Morgan fingerprint density at radius 3 is 1.79 bits per heavy atom. The van der Waals surface area contributed by atoms with Gasteiger partial charge in [0.2, 0.25) is 17.7 Å². The van der Waals surface area contributed by atoms with E-state index >= 15 is 0 Å². The first-order valence-electron chi connectivity index (χ1n) is 19.6. The number of nitrogens with one attached hydrogen (secondary N) is 4. The maximum atomic E-state index is 13.9. The van der Waals surface area contributed by atoms with Crippen LogP contribution in [0.3, 0.4) is 0 Å². The van der Waals surface area contributed by atoms with Gasteiger partial charge in [0, 0.05) is 42.2 Å². The fourth-order valence-electron chi connectivity index (χ4n) is 6.92. The Kier molecular flexibility index (Phi) is 14.2. The first-order chi connectivity index (χ1) is 26.7. The van der Waals surface area contributed by atoms with Crippen molar-refractivity contribution in [2.75, 3.05) is 25.0 Å². The zero-order chi connectivity index (χ0) is 40.4. The zero-order valence-electron chi connectivity index (χ0n) is 33.0. The second kappa shape index (κ2) is 19.0. The quantitative estimate of drug-likeness (QED) is 0.107.